The smallest absolute Gasteiger partial charge is 0.134 e. The molecule has 0 radical (unpaired) electrons. The summed E-state index contributed by atoms with van der Waals surface area (Å²) in [6, 6.07) is 2.05. The zero-order valence-electron chi connectivity index (χ0n) is 10.6. The Bertz CT molecular complexity index is 366. The average molecular weight is 235 g/mol. The SMILES string of the molecule is CN(C)c1cc(N2CCC(CCN)C2)ncn1. The van der Waals surface area contributed by atoms with E-state index in [-0.39, 0.29) is 0 Å². The van der Waals surface area contributed by atoms with Crippen molar-refractivity contribution in [2.45, 2.75) is 12.8 Å². The number of hydrogen-bond acceptors (Lipinski definition) is 5. The van der Waals surface area contributed by atoms with E-state index in [1.165, 1.54) is 6.42 Å². The topological polar surface area (TPSA) is 58.3 Å². The molecule has 0 saturated carbocycles. The van der Waals surface area contributed by atoms with E-state index in [4.69, 9.17) is 5.73 Å². The standard InChI is InChI=1S/C12H21N5/c1-16(2)11-7-12(15-9-14-11)17-6-4-10(8-17)3-5-13/h7,9-10H,3-6,8,13H2,1-2H3. The molecule has 0 amide bonds. The molecule has 2 N–H and O–H groups in total. The first kappa shape index (κ1) is 12.1. The van der Waals surface area contributed by atoms with Crippen molar-refractivity contribution >= 4 is 11.6 Å². The number of aromatic nitrogens is 2. The molecular weight excluding hydrogens is 214 g/mol. The maximum Gasteiger partial charge on any atom is 0.134 e. The van der Waals surface area contributed by atoms with Crippen molar-refractivity contribution in [3.63, 3.8) is 0 Å². The van der Waals surface area contributed by atoms with Gasteiger partial charge in [0.05, 0.1) is 0 Å². The molecule has 17 heavy (non-hydrogen) atoms. The van der Waals surface area contributed by atoms with Crippen molar-refractivity contribution in [2.75, 3.05) is 43.5 Å². The van der Waals surface area contributed by atoms with Crippen LogP contribution in [0, 0.1) is 5.92 Å². The lowest BCUT2D eigenvalue weighted by Crippen LogP contribution is -2.22. The molecule has 5 heteroatoms. The zero-order chi connectivity index (χ0) is 12.3. The van der Waals surface area contributed by atoms with Crippen LogP contribution in [-0.4, -0.2) is 43.7 Å². The van der Waals surface area contributed by atoms with Gasteiger partial charge in [-0.05, 0) is 25.3 Å². The minimum Gasteiger partial charge on any atom is -0.363 e. The molecule has 0 aromatic carbocycles. The molecule has 0 spiro atoms. The minimum atomic E-state index is 0.720. The third-order valence-electron chi connectivity index (χ3n) is 3.28. The van der Waals surface area contributed by atoms with Crippen molar-refractivity contribution < 1.29 is 0 Å². The highest BCUT2D eigenvalue weighted by atomic mass is 15.2. The van der Waals surface area contributed by atoms with E-state index in [1.807, 2.05) is 25.1 Å². The third-order valence-corrected chi connectivity index (χ3v) is 3.28. The summed E-state index contributed by atoms with van der Waals surface area (Å²) in [5, 5.41) is 0. The maximum atomic E-state index is 5.61. The van der Waals surface area contributed by atoms with Crippen LogP contribution in [0.3, 0.4) is 0 Å². The van der Waals surface area contributed by atoms with E-state index in [0.717, 1.165) is 43.6 Å². The van der Waals surface area contributed by atoms with E-state index in [1.54, 1.807) is 6.33 Å². The summed E-state index contributed by atoms with van der Waals surface area (Å²) in [4.78, 5) is 12.9. The van der Waals surface area contributed by atoms with Crippen LogP contribution in [0.5, 0.6) is 0 Å². The molecule has 1 aromatic rings. The fourth-order valence-corrected chi connectivity index (χ4v) is 2.27. The highest BCUT2D eigenvalue weighted by Gasteiger charge is 2.23. The number of nitrogens with two attached hydrogens (primary N) is 1. The van der Waals surface area contributed by atoms with Crippen LogP contribution in [-0.2, 0) is 0 Å². The second-order valence-electron chi connectivity index (χ2n) is 4.81. The van der Waals surface area contributed by atoms with E-state index < -0.39 is 0 Å². The number of nitrogens with zero attached hydrogens (tertiary/aromatic N) is 4. The van der Waals surface area contributed by atoms with Crippen molar-refractivity contribution in [2.24, 2.45) is 11.7 Å². The first-order chi connectivity index (χ1) is 8.20. The van der Waals surface area contributed by atoms with Crippen molar-refractivity contribution in [3.05, 3.63) is 12.4 Å². The lowest BCUT2D eigenvalue weighted by Gasteiger charge is -2.19. The molecule has 0 bridgehead atoms. The Balaban J connectivity index is 2.05. The molecule has 5 nitrogen and oxygen atoms in total. The van der Waals surface area contributed by atoms with Crippen LogP contribution in [0.4, 0.5) is 11.6 Å². The molecule has 1 unspecified atom stereocenters. The van der Waals surface area contributed by atoms with Gasteiger partial charge in [0.2, 0.25) is 0 Å². The van der Waals surface area contributed by atoms with Crippen LogP contribution in [0.25, 0.3) is 0 Å². The van der Waals surface area contributed by atoms with Crippen LogP contribution in [0.1, 0.15) is 12.8 Å². The Hall–Kier alpha value is -1.36. The van der Waals surface area contributed by atoms with Gasteiger partial charge in [0, 0.05) is 33.3 Å². The van der Waals surface area contributed by atoms with Gasteiger partial charge in [-0.15, -0.1) is 0 Å². The fourth-order valence-electron chi connectivity index (χ4n) is 2.27. The quantitative estimate of drug-likeness (QED) is 0.833. The zero-order valence-corrected chi connectivity index (χ0v) is 10.6. The monoisotopic (exact) mass is 235 g/mol. The van der Waals surface area contributed by atoms with Crippen LogP contribution in [0.15, 0.2) is 12.4 Å². The highest BCUT2D eigenvalue weighted by molar-refractivity contribution is 5.49. The Morgan fingerprint density at radius 3 is 3.00 bits per heavy atom. The van der Waals surface area contributed by atoms with Gasteiger partial charge in [-0.25, -0.2) is 9.97 Å². The van der Waals surface area contributed by atoms with Gasteiger partial charge in [-0.2, -0.15) is 0 Å². The molecule has 1 aliphatic heterocycles. The fraction of sp³-hybridized carbons (Fsp3) is 0.667. The number of rotatable bonds is 4. The van der Waals surface area contributed by atoms with E-state index in [0.29, 0.717) is 0 Å². The Morgan fingerprint density at radius 1 is 1.47 bits per heavy atom. The normalized spacial score (nSPS) is 19.7. The van der Waals surface area contributed by atoms with E-state index in [2.05, 4.69) is 14.9 Å². The largest absolute Gasteiger partial charge is 0.363 e. The molecule has 2 rings (SSSR count). The summed E-state index contributed by atoms with van der Waals surface area (Å²) in [7, 11) is 3.99. The summed E-state index contributed by atoms with van der Waals surface area (Å²) in [6.45, 7) is 2.93. The van der Waals surface area contributed by atoms with E-state index >= 15 is 0 Å². The molecule has 0 aliphatic carbocycles. The summed E-state index contributed by atoms with van der Waals surface area (Å²) in [5.74, 6) is 2.71. The Kier molecular flexibility index (Phi) is 3.78. The second-order valence-corrected chi connectivity index (χ2v) is 4.81. The molecule has 2 heterocycles. The number of hydrogen-bond donors (Lipinski definition) is 1. The van der Waals surface area contributed by atoms with Gasteiger partial charge in [0.1, 0.15) is 18.0 Å². The van der Waals surface area contributed by atoms with Gasteiger partial charge < -0.3 is 15.5 Å². The second kappa shape index (κ2) is 5.31. The molecule has 1 fully saturated rings. The summed E-state index contributed by atoms with van der Waals surface area (Å²) in [6.07, 6.45) is 3.97. The Morgan fingerprint density at radius 2 is 2.29 bits per heavy atom. The van der Waals surface area contributed by atoms with Gasteiger partial charge >= 0.3 is 0 Å². The lowest BCUT2D eigenvalue weighted by molar-refractivity contribution is 0.546. The molecule has 94 valence electrons. The molecule has 1 aliphatic rings. The van der Waals surface area contributed by atoms with Crippen LogP contribution in [0.2, 0.25) is 0 Å². The summed E-state index contributed by atoms with van der Waals surface area (Å²) >= 11 is 0. The van der Waals surface area contributed by atoms with Crippen LogP contribution < -0.4 is 15.5 Å². The van der Waals surface area contributed by atoms with Crippen molar-refractivity contribution in [3.8, 4) is 0 Å². The van der Waals surface area contributed by atoms with Gasteiger partial charge in [0.25, 0.3) is 0 Å². The predicted octanol–water partition coefficient (Wildman–Crippen LogP) is 0.718. The average Bonchev–Trinajstić information content (AvgIpc) is 2.78. The van der Waals surface area contributed by atoms with Crippen molar-refractivity contribution in [1.29, 1.82) is 0 Å². The summed E-state index contributed by atoms with van der Waals surface area (Å²) in [5.41, 5.74) is 5.61. The van der Waals surface area contributed by atoms with E-state index in [9.17, 15) is 0 Å². The van der Waals surface area contributed by atoms with Crippen LogP contribution >= 0.6 is 0 Å². The number of anilines is 2. The predicted molar refractivity (Wildman–Crippen MR) is 70.4 cm³/mol. The highest BCUT2D eigenvalue weighted by Crippen LogP contribution is 2.25. The first-order valence-electron chi connectivity index (χ1n) is 6.15. The lowest BCUT2D eigenvalue weighted by atomic mass is 10.1. The Labute approximate surface area is 103 Å². The minimum absolute atomic E-state index is 0.720. The molecule has 1 atom stereocenters. The third kappa shape index (κ3) is 2.85. The maximum absolute atomic E-state index is 5.61. The van der Waals surface area contributed by atoms with Gasteiger partial charge in [0.15, 0.2) is 0 Å². The molecular formula is C12H21N5. The van der Waals surface area contributed by atoms with Crippen molar-refractivity contribution in [1.82, 2.24) is 9.97 Å². The molecule has 1 aromatic heterocycles. The van der Waals surface area contributed by atoms with Gasteiger partial charge in [-0.1, -0.05) is 0 Å². The van der Waals surface area contributed by atoms with Gasteiger partial charge in [-0.3, -0.25) is 0 Å². The first-order valence-corrected chi connectivity index (χ1v) is 6.15. The molecule has 1 saturated heterocycles. The summed E-state index contributed by atoms with van der Waals surface area (Å²) < 4.78 is 0.